The van der Waals surface area contributed by atoms with Gasteiger partial charge in [0.15, 0.2) is 5.72 Å². The van der Waals surface area contributed by atoms with Gasteiger partial charge in [-0.05, 0) is 12.1 Å². The highest BCUT2D eigenvalue weighted by Gasteiger charge is 2.56. The van der Waals surface area contributed by atoms with E-state index in [1.54, 1.807) is 0 Å². The van der Waals surface area contributed by atoms with E-state index in [-0.39, 0.29) is 37.5 Å². The fourth-order valence-corrected chi connectivity index (χ4v) is 3.38. The van der Waals surface area contributed by atoms with Gasteiger partial charge in [0.05, 0.1) is 18.3 Å². The molecule has 2 aliphatic rings. The van der Waals surface area contributed by atoms with E-state index in [1.807, 2.05) is 0 Å². The van der Waals surface area contributed by atoms with E-state index in [1.165, 1.54) is 0 Å². The van der Waals surface area contributed by atoms with E-state index in [2.05, 4.69) is 10.1 Å². The minimum Gasteiger partial charge on any atom is -0.437 e. The highest BCUT2D eigenvalue weighted by molar-refractivity contribution is 5.76. The van der Waals surface area contributed by atoms with Crippen LogP contribution in [0.25, 0.3) is 0 Å². The van der Waals surface area contributed by atoms with Crippen LogP contribution in [0.5, 0.6) is 0 Å². The van der Waals surface area contributed by atoms with Crippen molar-refractivity contribution < 1.29 is 45.0 Å². The summed E-state index contributed by atoms with van der Waals surface area (Å²) in [6.07, 6.45) is -10.4. The summed E-state index contributed by atoms with van der Waals surface area (Å²) >= 11 is 0. The van der Waals surface area contributed by atoms with E-state index < -0.39 is 41.5 Å². The molecule has 3 atom stereocenters. The summed E-state index contributed by atoms with van der Waals surface area (Å²) in [6.45, 7) is -0.111. The number of carbonyl (C=O) groups excluding carboxylic acids is 1. The molecule has 11 heteroatoms. The second-order valence-corrected chi connectivity index (χ2v) is 6.58. The van der Waals surface area contributed by atoms with Crippen molar-refractivity contribution in [2.24, 2.45) is 5.92 Å². The van der Waals surface area contributed by atoms with Crippen LogP contribution in [0.4, 0.5) is 30.7 Å². The van der Waals surface area contributed by atoms with E-state index >= 15 is 0 Å². The second kappa shape index (κ2) is 6.62. The number of rotatable bonds is 4. The first-order valence-electron chi connectivity index (χ1n) is 7.92. The van der Waals surface area contributed by atoms with Gasteiger partial charge in [-0.2, -0.15) is 26.3 Å². The molecule has 1 heterocycles. The Kier molecular flexibility index (Phi) is 4.87. The van der Waals surface area contributed by atoms with Gasteiger partial charge in [-0.25, -0.2) is 9.18 Å². The largest absolute Gasteiger partial charge is 0.490 e. The summed E-state index contributed by atoms with van der Waals surface area (Å²) in [5.41, 5.74) is -2.74. The number of alkyl halides is 6. The topological polar surface area (TPSA) is 47.6 Å². The monoisotopic (exact) mass is 401 g/mol. The molecular formula is C16H14F7NO3. The second-order valence-electron chi connectivity index (χ2n) is 6.58. The van der Waals surface area contributed by atoms with Crippen LogP contribution >= 0.6 is 0 Å². The van der Waals surface area contributed by atoms with Crippen LogP contribution in [-0.2, 0) is 27.1 Å². The molecule has 2 fully saturated rings. The molecular weight excluding hydrogens is 387 g/mol. The van der Waals surface area contributed by atoms with Gasteiger partial charge in [-0.1, -0.05) is 6.07 Å². The predicted octanol–water partition coefficient (Wildman–Crippen LogP) is 3.54. The van der Waals surface area contributed by atoms with Gasteiger partial charge in [0, 0.05) is 30.9 Å². The minimum absolute atomic E-state index is 0.0677. The van der Waals surface area contributed by atoms with Gasteiger partial charge in [0.1, 0.15) is 5.82 Å². The van der Waals surface area contributed by atoms with Crippen molar-refractivity contribution in [3.63, 3.8) is 0 Å². The molecule has 0 radical (unpaired) electrons. The van der Waals surface area contributed by atoms with Crippen LogP contribution in [0.1, 0.15) is 24.0 Å². The van der Waals surface area contributed by atoms with E-state index in [0.29, 0.717) is 6.07 Å². The molecule has 0 aromatic heterocycles. The molecule has 2 bridgehead atoms. The normalized spacial score (nSPS) is 27.8. The summed E-state index contributed by atoms with van der Waals surface area (Å²) in [6, 6.07) is 2.02. The van der Waals surface area contributed by atoms with Crippen molar-refractivity contribution in [1.82, 2.24) is 5.32 Å². The lowest BCUT2D eigenvalue weighted by Gasteiger charge is -2.31. The van der Waals surface area contributed by atoms with Gasteiger partial charge in [-0.15, -0.1) is 0 Å². The molecule has 0 spiro atoms. The number of ether oxygens (including phenoxy) is 2. The van der Waals surface area contributed by atoms with Crippen LogP contribution in [-0.4, -0.2) is 30.5 Å². The molecule has 27 heavy (non-hydrogen) atoms. The molecule has 0 unspecified atom stereocenters. The first-order chi connectivity index (χ1) is 12.4. The third-order valence-corrected chi connectivity index (χ3v) is 4.69. The number of esters is 1. The summed E-state index contributed by atoms with van der Waals surface area (Å²) in [7, 11) is 0. The fraction of sp³-hybridized carbons (Fsp3) is 0.562. The molecule has 4 nitrogen and oxygen atoms in total. The van der Waals surface area contributed by atoms with Crippen molar-refractivity contribution in [2.45, 2.75) is 43.6 Å². The maximum absolute atomic E-state index is 13.8. The number of fused-ring (bicyclic) bond motifs is 2. The van der Waals surface area contributed by atoms with E-state index in [4.69, 9.17) is 4.74 Å². The van der Waals surface area contributed by atoms with Gasteiger partial charge in [-0.3, -0.25) is 5.32 Å². The van der Waals surface area contributed by atoms with Crippen LogP contribution < -0.4 is 5.32 Å². The number of nitrogens with one attached hydrogen (secondary N) is 1. The number of halogens is 7. The lowest BCUT2D eigenvalue weighted by atomic mass is 10.1. The Morgan fingerprint density at radius 2 is 1.89 bits per heavy atom. The molecule has 1 aliphatic carbocycles. The molecule has 1 aliphatic heterocycles. The molecule has 150 valence electrons. The maximum atomic E-state index is 13.8. The van der Waals surface area contributed by atoms with Crippen molar-refractivity contribution in [1.29, 1.82) is 0 Å². The first kappa shape index (κ1) is 19.9. The Morgan fingerprint density at radius 1 is 1.19 bits per heavy atom. The van der Waals surface area contributed by atoms with Gasteiger partial charge >= 0.3 is 18.3 Å². The molecule has 1 aromatic carbocycles. The molecule has 1 saturated heterocycles. The zero-order chi connectivity index (χ0) is 20.0. The molecule has 1 aromatic rings. The number of hydrogen-bond donors (Lipinski definition) is 1. The predicted molar refractivity (Wildman–Crippen MR) is 75.6 cm³/mol. The Bertz CT molecular complexity index is 734. The number of benzene rings is 1. The SMILES string of the molecule is O=C(O[C@@]12C[C@H](CN1)[C@@H](OCc1ccc(C(F)(F)F)cc1F)C2)C(F)(F)F. The molecule has 1 saturated carbocycles. The fourth-order valence-electron chi connectivity index (χ4n) is 3.38. The van der Waals surface area contributed by atoms with Crippen molar-refractivity contribution >= 4 is 5.97 Å². The smallest absolute Gasteiger partial charge is 0.437 e. The standard InChI is InChI=1S/C16H14F7NO3/c17-11-3-10(15(18,19)20)2-1-8(11)7-26-12-5-14(4-9(12)6-24-14)27-13(25)16(21,22)23/h1-3,9,12,24H,4-7H2/t9-,12+,14-/m1/s1. The summed E-state index contributed by atoms with van der Waals surface area (Å²) in [4.78, 5) is 11.1. The number of carbonyl (C=O) groups is 1. The average Bonchev–Trinajstić information content (AvgIpc) is 3.09. The Balaban J connectivity index is 1.61. The van der Waals surface area contributed by atoms with Gasteiger partial charge < -0.3 is 9.47 Å². The summed E-state index contributed by atoms with van der Waals surface area (Å²) in [5.74, 6) is -3.67. The minimum atomic E-state index is -5.13. The highest BCUT2D eigenvalue weighted by Crippen LogP contribution is 2.43. The quantitative estimate of drug-likeness (QED) is 0.620. The number of piperidine rings is 1. The average molecular weight is 401 g/mol. The lowest BCUT2D eigenvalue weighted by Crippen LogP contribution is -2.49. The lowest BCUT2D eigenvalue weighted by molar-refractivity contribution is -0.216. The van der Waals surface area contributed by atoms with Crippen molar-refractivity contribution in [2.75, 3.05) is 6.54 Å². The zero-order valence-corrected chi connectivity index (χ0v) is 13.6. The highest BCUT2D eigenvalue weighted by atomic mass is 19.4. The van der Waals surface area contributed by atoms with Gasteiger partial charge in [0.25, 0.3) is 0 Å². The van der Waals surface area contributed by atoms with Crippen molar-refractivity contribution in [3.05, 3.63) is 35.1 Å². The molecule has 3 rings (SSSR count). The molecule has 1 N–H and O–H groups in total. The Hall–Kier alpha value is -1.88. The third kappa shape index (κ3) is 4.18. The van der Waals surface area contributed by atoms with Crippen LogP contribution in [0, 0.1) is 11.7 Å². The van der Waals surface area contributed by atoms with Crippen LogP contribution in [0.3, 0.4) is 0 Å². The maximum Gasteiger partial charge on any atom is 0.490 e. The van der Waals surface area contributed by atoms with Crippen LogP contribution in [0.15, 0.2) is 18.2 Å². The van der Waals surface area contributed by atoms with E-state index in [0.717, 1.165) is 12.1 Å². The summed E-state index contributed by atoms with van der Waals surface area (Å²) in [5, 5.41) is 2.71. The van der Waals surface area contributed by atoms with Gasteiger partial charge in [0.2, 0.25) is 0 Å². The van der Waals surface area contributed by atoms with Crippen molar-refractivity contribution in [3.8, 4) is 0 Å². The zero-order valence-electron chi connectivity index (χ0n) is 13.6. The van der Waals surface area contributed by atoms with Crippen LogP contribution in [0.2, 0.25) is 0 Å². The molecule has 0 amide bonds. The summed E-state index contributed by atoms with van der Waals surface area (Å²) < 4.78 is 98.7. The number of hydrogen-bond acceptors (Lipinski definition) is 4. The Morgan fingerprint density at radius 3 is 2.48 bits per heavy atom. The first-order valence-corrected chi connectivity index (χ1v) is 7.92. The van der Waals surface area contributed by atoms with E-state index in [9.17, 15) is 35.5 Å². The third-order valence-electron chi connectivity index (χ3n) is 4.69. The Labute approximate surface area is 148 Å².